The lowest BCUT2D eigenvalue weighted by molar-refractivity contribution is -0.136. The summed E-state index contributed by atoms with van der Waals surface area (Å²) in [7, 11) is -1.71. The molecule has 11 nitrogen and oxygen atoms in total. The van der Waals surface area contributed by atoms with Gasteiger partial charge in [0.2, 0.25) is 10.0 Å². The van der Waals surface area contributed by atoms with Gasteiger partial charge in [0, 0.05) is 17.0 Å². The smallest absolute Gasteiger partial charge is 0.348 e. The van der Waals surface area contributed by atoms with Crippen molar-refractivity contribution in [3.63, 3.8) is 0 Å². The number of ketones is 1. The minimum absolute atomic E-state index is 0.0464. The molecule has 1 heterocycles. The standard InChI is InChI=1S/C32H28ClNO10S/c1-17-10-12-20(13-11-17)45(39,40)34-22(14-18-8-6-5-7-9-18)30(36)43-23-16-19(41-3)15-21-24(23)31(37)44-27-25(21)32(2,38)29(33)28(42-4)26(27)35/h5-13,15-16,22,34,38H,14H2,1-4H3/t22-,32+/m0/s1. The summed E-state index contributed by atoms with van der Waals surface area (Å²) in [6, 6.07) is 15.9. The Kier molecular flexibility index (Phi) is 8.60. The number of aliphatic hydroxyl groups is 1. The van der Waals surface area contributed by atoms with Crippen molar-refractivity contribution < 1.29 is 41.7 Å². The number of sulfonamides is 1. The number of Topliss-reactive ketones (excluding diaryl/α,β-unsaturated/α-hetero) is 1. The van der Waals surface area contributed by atoms with Crippen LogP contribution in [0.2, 0.25) is 0 Å². The number of hydrogen-bond acceptors (Lipinski definition) is 10. The maximum atomic E-state index is 13.8. The summed E-state index contributed by atoms with van der Waals surface area (Å²) in [6.45, 7) is 3.08. The molecular weight excluding hydrogens is 626 g/mol. The minimum Gasteiger partial charge on any atom is -0.497 e. The van der Waals surface area contributed by atoms with E-state index in [0.29, 0.717) is 5.56 Å². The van der Waals surface area contributed by atoms with Crippen molar-refractivity contribution in [3.05, 3.63) is 110 Å². The number of nitrogens with one attached hydrogen (secondary N) is 1. The van der Waals surface area contributed by atoms with E-state index in [9.17, 15) is 27.9 Å². The molecule has 2 N–H and O–H groups in total. The SMILES string of the molecule is COC1=C(Cl)[C@](C)(O)c2c(oc(=O)c3c(OC(=O)[C@H](Cc4ccccc4)NS(=O)(=O)c4ccc(C)cc4)cc(OC)cc23)C1=O. The first-order valence-electron chi connectivity index (χ1n) is 13.5. The van der Waals surface area contributed by atoms with Crippen LogP contribution in [-0.2, 0) is 31.6 Å². The average Bonchev–Trinajstić information content (AvgIpc) is 3.00. The zero-order valence-corrected chi connectivity index (χ0v) is 26.1. The summed E-state index contributed by atoms with van der Waals surface area (Å²) in [6.07, 6.45) is -0.0971. The fourth-order valence-electron chi connectivity index (χ4n) is 5.05. The van der Waals surface area contributed by atoms with Crippen LogP contribution in [0.4, 0.5) is 0 Å². The monoisotopic (exact) mass is 653 g/mol. The molecular formula is C32H28ClNO10S. The largest absolute Gasteiger partial charge is 0.497 e. The minimum atomic E-state index is -4.20. The molecule has 2 atom stereocenters. The fraction of sp³-hybridized carbons (Fsp3) is 0.219. The zero-order chi connectivity index (χ0) is 32.7. The van der Waals surface area contributed by atoms with E-state index in [1.165, 1.54) is 45.4 Å². The second-order valence-corrected chi connectivity index (χ2v) is 12.6. The number of rotatable bonds is 9. The van der Waals surface area contributed by atoms with E-state index >= 15 is 0 Å². The topological polar surface area (TPSA) is 158 Å². The van der Waals surface area contributed by atoms with Gasteiger partial charge in [-0.15, -0.1) is 0 Å². The lowest BCUT2D eigenvalue weighted by atomic mass is 9.84. The molecule has 1 aliphatic rings. The summed E-state index contributed by atoms with van der Waals surface area (Å²) in [4.78, 5) is 40.2. The highest BCUT2D eigenvalue weighted by Gasteiger charge is 2.45. The second kappa shape index (κ2) is 12.1. The first kappa shape index (κ1) is 31.9. The third-order valence-corrected chi connectivity index (χ3v) is 9.37. The van der Waals surface area contributed by atoms with Crippen molar-refractivity contribution in [1.29, 1.82) is 0 Å². The maximum Gasteiger partial charge on any atom is 0.348 e. The molecule has 0 aliphatic heterocycles. The van der Waals surface area contributed by atoms with Crippen LogP contribution < -0.4 is 19.8 Å². The van der Waals surface area contributed by atoms with Gasteiger partial charge >= 0.3 is 11.6 Å². The van der Waals surface area contributed by atoms with E-state index in [4.69, 9.17) is 30.2 Å². The third-order valence-electron chi connectivity index (χ3n) is 7.34. The molecule has 0 saturated carbocycles. The van der Waals surface area contributed by atoms with Gasteiger partial charge in [0.1, 0.15) is 33.6 Å². The highest BCUT2D eigenvalue weighted by atomic mass is 35.5. The molecule has 5 rings (SSSR count). The van der Waals surface area contributed by atoms with Crippen LogP contribution in [0, 0.1) is 6.92 Å². The molecule has 3 aromatic carbocycles. The van der Waals surface area contributed by atoms with Crippen molar-refractivity contribution >= 4 is 44.1 Å². The summed E-state index contributed by atoms with van der Waals surface area (Å²) < 4.78 is 50.6. The highest BCUT2D eigenvalue weighted by Crippen LogP contribution is 2.46. The number of carbonyl (C=O) groups is 2. The Hall–Kier alpha value is -4.49. The summed E-state index contributed by atoms with van der Waals surface area (Å²) in [5, 5.41) is 10.7. The lowest BCUT2D eigenvalue weighted by Crippen LogP contribution is -2.44. The van der Waals surface area contributed by atoms with E-state index in [1.807, 2.05) is 6.92 Å². The predicted molar refractivity (Wildman–Crippen MR) is 164 cm³/mol. The Labute approximate surface area is 263 Å². The molecule has 1 aromatic heterocycles. The van der Waals surface area contributed by atoms with Crippen molar-refractivity contribution in [2.24, 2.45) is 0 Å². The Morgan fingerprint density at radius 3 is 2.33 bits per heavy atom. The lowest BCUT2D eigenvalue weighted by Gasteiger charge is -2.31. The normalized spacial score (nSPS) is 17.2. The number of fused-ring (bicyclic) bond motifs is 3. The molecule has 0 spiro atoms. The van der Waals surface area contributed by atoms with Crippen LogP contribution in [-0.4, -0.2) is 45.5 Å². The van der Waals surface area contributed by atoms with Gasteiger partial charge in [-0.25, -0.2) is 18.0 Å². The Bertz CT molecular complexity index is 2020. The van der Waals surface area contributed by atoms with Gasteiger partial charge in [0.15, 0.2) is 11.5 Å². The number of allylic oxidation sites excluding steroid dienone is 1. The van der Waals surface area contributed by atoms with Crippen molar-refractivity contribution in [3.8, 4) is 11.5 Å². The van der Waals surface area contributed by atoms with Crippen LogP contribution in [0.5, 0.6) is 11.5 Å². The number of ether oxygens (including phenoxy) is 3. The highest BCUT2D eigenvalue weighted by molar-refractivity contribution is 7.89. The van der Waals surface area contributed by atoms with E-state index in [0.717, 1.165) is 5.56 Å². The van der Waals surface area contributed by atoms with E-state index < -0.39 is 50.6 Å². The Balaban J connectivity index is 1.62. The fourth-order valence-corrected chi connectivity index (χ4v) is 6.49. The van der Waals surface area contributed by atoms with Crippen LogP contribution in [0.1, 0.15) is 34.2 Å². The van der Waals surface area contributed by atoms with Gasteiger partial charge < -0.3 is 23.7 Å². The van der Waals surface area contributed by atoms with Gasteiger partial charge in [0.05, 0.1) is 19.1 Å². The molecule has 45 heavy (non-hydrogen) atoms. The first-order chi connectivity index (χ1) is 21.3. The van der Waals surface area contributed by atoms with E-state index in [-0.39, 0.29) is 44.2 Å². The number of carbonyl (C=O) groups excluding carboxylic acids is 2. The predicted octanol–water partition coefficient (Wildman–Crippen LogP) is 4.11. The van der Waals surface area contributed by atoms with Crippen LogP contribution in [0.15, 0.2) is 91.6 Å². The Morgan fingerprint density at radius 1 is 1.04 bits per heavy atom. The van der Waals surface area contributed by atoms with E-state index in [2.05, 4.69) is 4.72 Å². The number of aryl methyl sites for hydroxylation is 1. The van der Waals surface area contributed by atoms with E-state index in [1.54, 1.807) is 42.5 Å². The summed E-state index contributed by atoms with van der Waals surface area (Å²) >= 11 is 6.36. The van der Waals surface area contributed by atoms with Crippen molar-refractivity contribution in [2.45, 2.75) is 36.8 Å². The number of methoxy groups -OCH3 is 2. The molecule has 1 aliphatic carbocycles. The number of hydrogen-bond donors (Lipinski definition) is 2. The number of esters is 1. The molecule has 234 valence electrons. The summed E-state index contributed by atoms with van der Waals surface area (Å²) in [5.41, 5.74) is -1.86. The van der Waals surface area contributed by atoms with Gasteiger partial charge in [0.25, 0.3) is 5.78 Å². The molecule has 0 amide bonds. The van der Waals surface area contributed by atoms with Gasteiger partial charge in [-0.1, -0.05) is 59.6 Å². The average molecular weight is 654 g/mol. The molecule has 4 aromatic rings. The van der Waals surface area contributed by atoms with Crippen LogP contribution >= 0.6 is 11.6 Å². The first-order valence-corrected chi connectivity index (χ1v) is 15.4. The van der Waals surface area contributed by atoms with Crippen LogP contribution in [0.3, 0.4) is 0 Å². The molecule has 0 radical (unpaired) electrons. The van der Waals surface area contributed by atoms with Crippen molar-refractivity contribution in [1.82, 2.24) is 4.72 Å². The van der Waals surface area contributed by atoms with Crippen molar-refractivity contribution in [2.75, 3.05) is 14.2 Å². The van der Waals surface area contributed by atoms with Gasteiger partial charge in [-0.2, -0.15) is 4.72 Å². The van der Waals surface area contributed by atoms with Gasteiger partial charge in [-0.3, -0.25) is 4.79 Å². The maximum absolute atomic E-state index is 13.8. The molecule has 0 unspecified atom stereocenters. The number of halogens is 1. The quantitative estimate of drug-likeness (QED) is 0.199. The summed E-state index contributed by atoms with van der Waals surface area (Å²) in [5.74, 6) is -3.13. The van der Waals surface area contributed by atoms with Gasteiger partial charge in [-0.05, 0) is 44.0 Å². The molecule has 13 heteroatoms. The second-order valence-electron chi connectivity index (χ2n) is 10.5. The Morgan fingerprint density at radius 2 is 1.71 bits per heavy atom. The number of benzene rings is 3. The molecule has 0 saturated heterocycles. The zero-order valence-electron chi connectivity index (χ0n) is 24.5. The molecule has 0 bridgehead atoms. The molecule has 0 fully saturated rings. The third kappa shape index (κ3) is 5.97. The van der Waals surface area contributed by atoms with Crippen LogP contribution in [0.25, 0.3) is 10.8 Å².